The quantitative estimate of drug-likeness (QED) is 0.486. The highest BCUT2D eigenvalue weighted by Crippen LogP contribution is 1.85. The molecule has 7 heteroatoms. The van der Waals surface area contributed by atoms with Crippen LogP contribution < -0.4 is 11.5 Å². The van der Waals surface area contributed by atoms with Crippen LogP contribution in [0.3, 0.4) is 0 Å². The number of carbonyl (C=O) groups is 2. The number of nitrogens with zero attached hydrogens (tertiary/aromatic N) is 1. The Kier molecular flexibility index (Phi) is 2.98. The van der Waals surface area contributed by atoms with Crippen LogP contribution in [-0.2, 0) is 9.68 Å². The zero-order valence-electron chi connectivity index (χ0n) is 5.23. The molecule has 4 N–H and O–H groups in total. The van der Waals surface area contributed by atoms with Crippen LogP contribution in [-0.4, -0.2) is 24.5 Å². The van der Waals surface area contributed by atoms with Gasteiger partial charge < -0.3 is 21.1 Å². The van der Waals surface area contributed by atoms with E-state index >= 15 is 0 Å². The number of carbonyl (C=O) groups excluding carboxylic acids is 2. The predicted molar refractivity (Wildman–Crippen MR) is 29.1 cm³/mol. The van der Waals surface area contributed by atoms with E-state index in [1.54, 1.807) is 0 Å². The summed E-state index contributed by atoms with van der Waals surface area (Å²) < 4.78 is 0. The van der Waals surface area contributed by atoms with Crippen molar-refractivity contribution in [3.05, 3.63) is 0 Å². The zero-order chi connectivity index (χ0) is 8.15. The minimum absolute atomic E-state index is 0.449. The number of hydroxylamine groups is 2. The summed E-state index contributed by atoms with van der Waals surface area (Å²) in [6, 6.07) is 0. The molecule has 2 amide bonds. The van der Waals surface area contributed by atoms with Gasteiger partial charge in [-0.3, -0.25) is 0 Å². The maximum Gasteiger partial charge on any atom is 0.426 e. The van der Waals surface area contributed by atoms with E-state index in [0.29, 0.717) is 5.23 Å². The van der Waals surface area contributed by atoms with Crippen LogP contribution in [0.4, 0.5) is 9.59 Å². The van der Waals surface area contributed by atoms with E-state index < -0.39 is 12.2 Å². The molecule has 0 aliphatic rings. The Hall–Kier alpha value is -1.50. The Bertz CT molecular complexity index is 131. The molecule has 0 unspecified atom stereocenters. The monoisotopic (exact) mass is 149 g/mol. The maximum atomic E-state index is 9.92. The van der Waals surface area contributed by atoms with E-state index in [2.05, 4.69) is 21.1 Å². The first-order valence-corrected chi connectivity index (χ1v) is 2.21. The highest BCUT2D eigenvalue weighted by molar-refractivity contribution is 5.65. The van der Waals surface area contributed by atoms with E-state index in [-0.39, 0.29) is 0 Å². The summed E-state index contributed by atoms with van der Waals surface area (Å²) in [5.41, 5.74) is 9.07. The molecular formula is C3H7N3O4. The van der Waals surface area contributed by atoms with Crippen molar-refractivity contribution in [1.29, 1.82) is 0 Å². The Morgan fingerprint density at radius 3 is 1.70 bits per heavy atom. The summed E-state index contributed by atoms with van der Waals surface area (Å²) >= 11 is 0. The molecule has 0 saturated carbocycles. The molecule has 0 saturated heterocycles. The number of hydrogen-bond donors (Lipinski definition) is 2. The lowest BCUT2D eigenvalue weighted by molar-refractivity contribution is -0.275. The van der Waals surface area contributed by atoms with Gasteiger partial charge in [0.05, 0.1) is 7.05 Å². The average Bonchev–Trinajstić information content (AvgIpc) is 1.58. The van der Waals surface area contributed by atoms with Gasteiger partial charge in [0.25, 0.3) is 0 Å². The Balaban J connectivity index is 3.53. The molecule has 0 aromatic carbocycles. The fraction of sp³-hybridized carbons (Fsp3) is 0.333. The van der Waals surface area contributed by atoms with Crippen molar-refractivity contribution in [2.75, 3.05) is 7.05 Å². The second-order valence-electron chi connectivity index (χ2n) is 1.26. The highest BCUT2D eigenvalue weighted by Gasteiger charge is 2.05. The lowest BCUT2D eigenvalue weighted by Gasteiger charge is -2.10. The molecule has 0 bridgehead atoms. The van der Waals surface area contributed by atoms with Crippen molar-refractivity contribution >= 4 is 12.2 Å². The van der Waals surface area contributed by atoms with Crippen molar-refractivity contribution < 1.29 is 19.3 Å². The number of amides is 2. The smallest absolute Gasteiger partial charge is 0.333 e. The van der Waals surface area contributed by atoms with E-state index in [1.807, 2.05) is 0 Å². The normalized spacial score (nSPS) is 9.00. The first-order valence-electron chi connectivity index (χ1n) is 2.21. The molecule has 7 nitrogen and oxygen atoms in total. The molecule has 0 aromatic rings. The van der Waals surface area contributed by atoms with Crippen LogP contribution in [0, 0.1) is 0 Å². The van der Waals surface area contributed by atoms with Gasteiger partial charge in [-0.2, -0.15) is 0 Å². The van der Waals surface area contributed by atoms with Gasteiger partial charge in [-0.25, -0.2) is 9.59 Å². The zero-order valence-corrected chi connectivity index (χ0v) is 5.23. The van der Waals surface area contributed by atoms with Gasteiger partial charge in [0.1, 0.15) is 0 Å². The van der Waals surface area contributed by atoms with Crippen LogP contribution in [0.15, 0.2) is 0 Å². The summed E-state index contributed by atoms with van der Waals surface area (Å²) in [6.07, 6.45) is -2.19. The van der Waals surface area contributed by atoms with Gasteiger partial charge >= 0.3 is 12.2 Å². The molecule has 0 aliphatic carbocycles. The van der Waals surface area contributed by atoms with Gasteiger partial charge in [0.15, 0.2) is 0 Å². The summed E-state index contributed by atoms with van der Waals surface area (Å²) in [5.74, 6) is 0. The molecule has 10 heavy (non-hydrogen) atoms. The topological polar surface area (TPSA) is 108 Å². The number of nitrogens with two attached hydrogens (primary N) is 2. The third-order valence-corrected chi connectivity index (χ3v) is 0.437. The van der Waals surface area contributed by atoms with E-state index in [1.165, 1.54) is 0 Å². The largest absolute Gasteiger partial charge is 0.426 e. The number of rotatable bonds is 2. The molecule has 0 rings (SSSR count). The van der Waals surface area contributed by atoms with Crippen LogP contribution in [0.1, 0.15) is 0 Å². The van der Waals surface area contributed by atoms with Crippen molar-refractivity contribution in [1.82, 2.24) is 5.23 Å². The molecule has 0 heterocycles. The van der Waals surface area contributed by atoms with Crippen molar-refractivity contribution in [2.45, 2.75) is 0 Å². The molecule has 0 fully saturated rings. The summed E-state index contributed by atoms with van der Waals surface area (Å²) in [4.78, 5) is 27.9. The van der Waals surface area contributed by atoms with Crippen molar-refractivity contribution in [3.8, 4) is 0 Å². The first kappa shape index (κ1) is 8.50. The lowest BCUT2D eigenvalue weighted by atomic mass is 11.2. The third-order valence-electron chi connectivity index (χ3n) is 0.437. The van der Waals surface area contributed by atoms with Crippen LogP contribution in [0.5, 0.6) is 0 Å². The molecule has 0 atom stereocenters. The molecular weight excluding hydrogens is 142 g/mol. The Morgan fingerprint density at radius 1 is 1.20 bits per heavy atom. The molecule has 0 spiro atoms. The van der Waals surface area contributed by atoms with Gasteiger partial charge in [-0.1, -0.05) is 0 Å². The second kappa shape index (κ2) is 3.51. The van der Waals surface area contributed by atoms with Crippen molar-refractivity contribution in [3.63, 3.8) is 0 Å². The molecule has 0 aliphatic heterocycles. The molecule has 0 radical (unpaired) electrons. The minimum atomic E-state index is -1.09. The third kappa shape index (κ3) is 4.65. The molecule has 0 aromatic heterocycles. The first-order chi connectivity index (χ1) is 4.52. The van der Waals surface area contributed by atoms with E-state index in [4.69, 9.17) is 0 Å². The minimum Gasteiger partial charge on any atom is -0.333 e. The fourth-order valence-electron chi connectivity index (χ4n) is 0.272. The standard InChI is InChI=1S/C3H7N3O4/c1-6(9-2(4)7)10-3(5)8/h1H3,(H2,4,7)(H2,5,8). The van der Waals surface area contributed by atoms with Gasteiger partial charge in [-0.05, 0) is 0 Å². The van der Waals surface area contributed by atoms with Crippen LogP contribution in [0.25, 0.3) is 0 Å². The van der Waals surface area contributed by atoms with Crippen molar-refractivity contribution in [2.24, 2.45) is 11.5 Å². The second-order valence-corrected chi connectivity index (χ2v) is 1.26. The summed E-state index contributed by atoms with van der Waals surface area (Å²) in [6.45, 7) is 0. The highest BCUT2D eigenvalue weighted by atomic mass is 17.0. The van der Waals surface area contributed by atoms with E-state index in [9.17, 15) is 9.59 Å². The Morgan fingerprint density at radius 2 is 1.50 bits per heavy atom. The maximum absolute atomic E-state index is 9.92. The number of primary amides is 2. The summed E-state index contributed by atoms with van der Waals surface area (Å²) in [5, 5.41) is 0.449. The average molecular weight is 149 g/mol. The SMILES string of the molecule is CN(OC(N)=O)OC(N)=O. The predicted octanol–water partition coefficient (Wildman–Crippen LogP) is -1.06. The van der Waals surface area contributed by atoms with Crippen LogP contribution >= 0.6 is 0 Å². The summed E-state index contributed by atoms with van der Waals surface area (Å²) in [7, 11) is 1.15. The van der Waals surface area contributed by atoms with Gasteiger partial charge in [-0.15, -0.1) is 0 Å². The van der Waals surface area contributed by atoms with Crippen LogP contribution in [0.2, 0.25) is 0 Å². The fourth-order valence-corrected chi connectivity index (χ4v) is 0.272. The molecule has 58 valence electrons. The van der Waals surface area contributed by atoms with E-state index in [0.717, 1.165) is 7.05 Å². The Labute approximate surface area is 56.4 Å². The number of hydrogen-bond acceptors (Lipinski definition) is 5. The van der Waals surface area contributed by atoms with Gasteiger partial charge in [0.2, 0.25) is 0 Å². The lowest BCUT2D eigenvalue weighted by Crippen LogP contribution is -2.31. The van der Waals surface area contributed by atoms with Gasteiger partial charge in [0, 0.05) is 5.23 Å².